The normalized spacial score (nSPS) is 9.74. The second-order valence-corrected chi connectivity index (χ2v) is 5.41. The first-order valence-corrected chi connectivity index (χ1v) is 6.67. The number of halogens is 5. The van der Waals surface area contributed by atoms with Crippen molar-refractivity contribution in [3.05, 3.63) is 55.4 Å². The van der Waals surface area contributed by atoms with Crippen LogP contribution in [0, 0.1) is 0 Å². The van der Waals surface area contributed by atoms with E-state index < -0.39 is 0 Å². The van der Waals surface area contributed by atoms with E-state index in [1.165, 1.54) is 24.3 Å². The van der Waals surface area contributed by atoms with Crippen LogP contribution in [0.1, 0.15) is 0 Å². The van der Waals surface area contributed by atoms with Gasteiger partial charge >= 0.3 is 0 Å². The maximum Gasteiger partial charge on any atom is 0.152 e. The van der Waals surface area contributed by atoms with Gasteiger partial charge in [-0.2, -0.15) is 0 Å². The first kappa shape index (κ1) is 16.5. The van der Waals surface area contributed by atoms with E-state index in [0.717, 1.165) is 0 Å². The summed E-state index contributed by atoms with van der Waals surface area (Å²) in [6, 6.07) is 7.35. The highest BCUT2D eigenvalue weighted by Gasteiger charge is 2.04. The topological polar surface area (TPSA) is 40.5 Å². The summed E-state index contributed by atoms with van der Waals surface area (Å²) in [6.07, 6.45) is 0. The Hall–Kier alpha value is -0.510. The smallest absolute Gasteiger partial charge is 0.152 e. The summed E-state index contributed by atoms with van der Waals surface area (Å²) < 4.78 is 0. The Morgan fingerprint density at radius 2 is 1.11 bits per heavy atom. The molecule has 0 atom stereocenters. The molecular weight excluding hydrogens is 353 g/mol. The summed E-state index contributed by atoms with van der Waals surface area (Å²) >= 11 is 27.5. The highest BCUT2D eigenvalue weighted by Crippen LogP contribution is 2.34. The van der Waals surface area contributed by atoms with Crippen LogP contribution in [0.5, 0.6) is 11.5 Å². The molecule has 2 aromatic rings. The Balaban J connectivity index is 0.000000191. The van der Waals surface area contributed by atoms with E-state index in [1.54, 1.807) is 6.07 Å². The van der Waals surface area contributed by atoms with Crippen molar-refractivity contribution in [2.24, 2.45) is 0 Å². The number of benzene rings is 2. The molecule has 0 saturated heterocycles. The minimum atomic E-state index is -0.132. The van der Waals surface area contributed by atoms with Crippen molar-refractivity contribution < 1.29 is 10.2 Å². The quantitative estimate of drug-likeness (QED) is 0.600. The lowest BCUT2D eigenvalue weighted by Crippen LogP contribution is -1.70. The van der Waals surface area contributed by atoms with Crippen molar-refractivity contribution in [2.75, 3.05) is 0 Å². The van der Waals surface area contributed by atoms with Gasteiger partial charge in [-0.1, -0.05) is 58.0 Å². The molecule has 7 heteroatoms. The minimum absolute atomic E-state index is 0.0565. The van der Waals surface area contributed by atoms with Crippen molar-refractivity contribution >= 4 is 58.0 Å². The van der Waals surface area contributed by atoms with Crippen LogP contribution in [0.15, 0.2) is 30.3 Å². The molecule has 0 aliphatic heterocycles. The summed E-state index contributed by atoms with van der Waals surface area (Å²) in [5.41, 5.74) is 0. The Bertz CT molecular complexity index is 563. The largest absolute Gasteiger partial charge is 0.506 e. The van der Waals surface area contributed by atoms with Crippen LogP contribution in [0.2, 0.25) is 25.1 Å². The van der Waals surface area contributed by atoms with E-state index in [4.69, 9.17) is 68.2 Å². The van der Waals surface area contributed by atoms with E-state index in [-0.39, 0.29) is 26.6 Å². The molecule has 0 radical (unpaired) electrons. The zero-order valence-corrected chi connectivity index (χ0v) is 13.0. The third-order valence-corrected chi connectivity index (χ3v) is 3.22. The first-order valence-electron chi connectivity index (χ1n) is 4.78. The Labute approximate surface area is 135 Å². The third-order valence-electron chi connectivity index (χ3n) is 1.89. The van der Waals surface area contributed by atoms with E-state index in [1.807, 2.05) is 0 Å². The summed E-state index contributed by atoms with van der Waals surface area (Å²) in [5.74, 6) is -0.0752. The second kappa shape index (κ2) is 7.32. The second-order valence-electron chi connectivity index (χ2n) is 3.31. The molecule has 2 N–H and O–H groups in total. The molecule has 0 aliphatic carbocycles. The molecule has 0 aliphatic rings. The van der Waals surface area contributed by atoms with Gasteiger partial charge in [0.05, 0.1) is 15.1 Å². The Kier molecular flexibility index (Phi) is 6.37. The first-order chi connectivity index (χ1) is 8.81. The number of rotatable bonds is 0. The maximum absolute atomic E-state index is 9.01. The summed E-state index contributed by atoms with van der Waals surface area (Å²) in [6.45, 7) is 0. The van der Waals surface area contributed by atoms with Crippen LogP contribution < -0.4 is 0 Å². The van der Waals surface area contributed by atoms with Crippen LogP contribution >= 0.6 is 58.0 Å². The molecule has 0 fully saturated rings. The zero-order chi connectivity index (χ0) is 14.6. The van der Waals surface area contributed by atoms with Crippen LogP contribution in [0.25, 0.3) is 0 Å². The fourth-order valence-corrected chi connectivity index (χ4v) is 2.24. The predicted octanol–water partition coefficient (Wildman–Crippen LogP) is 6.05. The number of phenolic OH excluding ortho intramolecular Hbond substituents is 2. The highest BCUT2D eigenvalue weighted by atomic mass is 35.5. The monoisotopic (exact) mass is 358 g/mol. The molecule has 102 valence electrons. The fourth-order valence-electron chi connectivity index (χ4n) is 1.02. The van der Waals surface area contributed by atoms with Crippen molar-refractivity contribution in [1.29, 1.82) is 0 Å². The highest BCUT2D eigenvalue weighted by molar-refractivity contribution is 6.40. The number of phenols is 2. The molecule has 2 rings (SSSR count). The van der Waals surface area contributed by atoms with Gasteiger partial charge in [0.1, 0.15) is 5.75 Å². The van der Waals surface area contributed by atoms with Gasteiger partial charge in [-0.05, 0) is 30.3 Å². The average molecular weight is 360 g/mol. The van der Waals surface area contributed by atoms with E-state index in [2.05, 4.69) is 0 Å². The molecular formula is C12H7Cl5O2. The van der Waals surface area contributed by atoms with Gasteiger partial charge in [0.15, 0.2) is 5.75 Å². The van der Waals surface area contributed by atoms with Gasteiger partial charge in [0, 0.05) is 10.0 Å². The summed E-state index contributed by atoms with van der Waals surface area (Å²) in [5, 5.41) is 19.4. The van der Waals surface area contributed by atoms with Gasteiger partial charge in [0.2, 0.25) is 0 Å². The molecule has 19 heavy (non-hydrogen) atoms. The molecule has 2 nitrogen and oxygen atoms in total. The molecule has 0 spiro atoms. The van der Waals surface area contributed by atoms with Gasteiger partial charge < -0.3 is 10.2 Å². The number of hydrogen-bond donors (Lipinski definition) is 2. The van der Waals surface area contributed by atoms with Crippen LogP contribution in [0.3, 0.4) is 0 Å². The van der Waals surface area contributed by atoms with Gasteiger partial charge in [0.25, 0.3) is 0 Å². The predicted molar refractivity (Wildman–Crippen MR) is 81.3 cm³/mol. The van der Waals surface area contributed by atoms with Crippen molar-refractivity contribution in [3.63, 3.8) is 0 Å². The van der Waals surface area contributed by atoms with Gasteiger partial charge in [-0.15, -0.1) is 0 Å². The molecule has 0 aromatic heterocycles. The van der Waals surface area contributed by atoms with E-state index >= 15 is 0 Å². The summed E-state index contributed by atoms with van der Waals surface area (Å²) in [4.78, 5) is 0. The fraction of sp³-hybridized carbons (Fsp3) is 0. The van der Waals surface area contributed by atoms with Crippen LogP contribution in [-0.4, -0.2) is 10.2 Å². The van der Waals surface area contributed by atoms with Gasteiger partial charge in [-0.25, -0.2) is 0 Å². The van der Waals surface area contributed by atoms with Crippen LogP contribution in [-0.2, 0) is 0 Å². The average Bonchev–Trinajstić information content (AvgIpc) is 2.32. The van der Waals surface area contributed by atoms with Gasteiger partial charge in [-0.3, -0.25) is 0 Å². The SMILES string of the molecule is Oc1c(Cl)cc(Cl)cc1Cl.Oc1ccc(Cl)cc1Cl. The molecule has 0 saturated carbocycles. The Morgan fingerprint density at radius 3 is 1.53 bits per heavy atom. The lowest BCUT2D eigenvalue weighted by Gasteiger charge is -1.98. The molecule has 0 unspecified atom stereocenters. The van der Waals surface area contributed by atoms with Crippen molar-refractivity contribution in [3.8, 4) is 11.5 Å². The molecule has 0 bridgehead atoms. The molecule has 0 heterocycles. The number of aromatic hydroxyl groups is 2. The van der Waals surface area contributed by atoms with E-state index in [9.17, 15) is 0 Å². The lowest BCUT2D eigenvalue weighted by molar-refractivity contribution is 0.475. The van der Waals surface area contributed by atoms with E-state index in [0.29, 0.717) is 10.0 Å². The minimum Gasteiger partial charge on any atom is -0.506 e. The third kappa shape index (κ3) is 5.17. The zero-order valence-electron chi connectivity index (χ0n) is 9.17. The lowest BCUT2D eigenvalue weighted by atomic mass is 10.3. The van der Waals surface area contributed by atoms with Crippen molar-refractivity contribution in [1.82, 2.24) is 0 Å². The maximum atomic E-state index is 9.01. The standard InChI is InChI=1S/C6H3Cl3O.C6H4Cl2O/c7-3-1-4(8)6(10)5(9)2-3;7-4-1-2-6(9)5(8)3-4/h1-2,10H;1-3,9H. The molecule has 2 aromatic carbocycles. The van der Waals surface area contributed by atoms with Crippen LogP contribution in [0.4, 0.5) is 0 Å². The van der Waals surface area contributed by atoms with Crippen molar-refractivity contribution in [2.45, 2.75) is 0 Å². The summed E-state index contributed by atoms with van der Waals surface area (Å²) in [7, 11) is 0. The molecule has 0 amide bonds. The number of hydrogen-bond acceptors (Lipinski definition) is 2. The Morgan fingerprint density at radius 1 is 0.632 bits per heavy atom.